The van der Waals surface area contributed by atoms with Crippen LogP contribution in [0.5, 0.6) is 0 Å². The average Bonchev–Trinajstić information content (AvgIpc) is 2.79. The molecule has 0 radical (unpaired) electrons. The van der Waals surface area contributed by atoms with Gasteiger partial charge in [-0.1, -0.05) is 6.07 Å². The van der Waals surface area contributed by atoms with Gasteiger partial charge >= 0.3 is 5.97 Å². The van der Waals surface area contributed by atoms with Crippen molar-refractivity contribution in [1.82, 2.24) is 4.98 Å². The molecule has 2 rings (SSSR count). The molecule has 1 saturated heterocycles. The minimum Gasteiger partial charge on any atom is -0.477 e. The van der Waals surface area contributed by atoms with Gasteiger partial charge in [0.2, 0.25) is 0 Å². The highest BCUT2D eigenvalue weighted by molar-refractivity contribution is 5.85. The van der Waals surface area contributed by atoms with Gasteiger partial charge in [-0.3, -0.25) is 0 Å². The third kappa shape index (κ3) is 2.70. The van der Waals surface area contributed by atoms with Crippen LogP contribution in [0.3, 0.4) is 0 Å². The summed E-state index contributed by atoms with van der Waals surface area (Å²) >= 11 is 0. The van der Waals surface area contributed by atoms with Crippen molar-refractivity contribution in [1.29, 1.82) is 0 Å². The van der Waals surface area contributed by atoms with Crippen LogP contribution in [0.15, 0.2) is 18.2 Å². The Morgan fingerprint density at radius 3 is 3.19 bits per heavy atom. The summed E-state index contributed by atoms with van der Waals surface area (Å²) in [6, 6.07) is 4.93. The number of pyridine rings is 1. The second-order valence-corrected chi connectivity index (χ2v) is 3.82. The van der Waals surface area contributed by atoms with Gasteiger partial charge in [-0.15, -0.1) is 0 Å². The SMILES string of the molecule is O=C(O)c1cccc(NCC2CCOC2)n1. The molecule has 2 N–H and O–H groups in total. The number of aromatic carboxylic acids is 1. The summed E-state index contributed by atoms with van der Waals surface area (Å²) in [4.78, 5) is 14.7. The lowest BCUT2D eigenvalue weighted by molar-refractivity contribution is 0.0690. The van der Waals surface area contributed by atoms with Crippen LogP contribution in [-0.2, 0) is 4.74 Å². The summed E-state index contributed by atoms with van der Waals surface area (Å²) in [6.07, 6.45) is 1.05. The second kappa shape index (κ2) is 4.94. The molecule has 2 heterocycles. The van der Waals surface area contributed by atoms with E-state index in [0.29, 0.717) is 11.7 Å². The van der Waals surface area contributed by atoms with E-state index in [0.717, 1.165) is 26.2 Å². The topological polar surface area (TPSA) is 71.5 Å². The van der Waals surface area contributed by atoms with Crippen molar-refractivity contribution in [3.8, 4) is 0 Å². The zero-order valence-corrected chi connectivity index (χ0v) is 8.85. The molecule has 5 nitrogen and oxygen atoms in total. The van der Waals surface area contributed by atoms with Gasteiger partial charge in [0.15, 0.2) is 5.69 Å². The first kappa shape index (κ1) is 10.9. The summed E-state index contributed by atoms with van der Waals surface area (Å²) in [7, 11) is 0. The van der Waals surface area contributed by atoms with Crippen LogP contribution in [0.4, 0.5) is 5.82 Å². The number of hydrogen-bond donors (Lipinski definition) is 2. The molecule has 1 unspecified atom stereocenters. The highest BCUT2D eigenvalue weighted by atomic mass is 16.5. The lowest BCUT2D eigenvalue weighted by Gasteiger charge is -2.09. The first-order valence-electron chi connectivity index (χ1n) is 5.27. The Bertz CT molecular complexity index is 375. The number of hydrogen-bond acceptors (Lipinski definition) is 4. The van der Waals surface area contributed by atoms with Crippen molar-refractivity contribution < 1.29 is 14.6 Å². The van der Waals surface area contributed by atoms with Crippen LogP contribution in [0.25, 0.3) is 0 Å². The minimum absolute atomic E-state index is 0.0627. The van der Waals surface area contributed by atoms with Crippen molar-refractivity contribution in [3.05, 3.63) is 23.9 Å². The zero-order chi connectivity index (χ0) is 11.4. The molecule has 1 aromatic rings. The molecule has 1 atom stereocenters. The number of carbonyl (C=O) groups is 1. The largest absolute Gasteiger partial charge is 0.477 e. The van der Waals surface area contributed by atoms with Gasteiger partial charge in [-0.25, -0.2) is 9.78 Å². The number of nitrogens with one attached hydrogen (secondary N) is 1. The maximum absolute atomic E-state index is 10.7. The predicted molar refractivity (Wildman–Crippen MR) is 58.6 cm³/mol. The summed E-state index contributed by atoms with van der Waals surface area (Å²) in [5.74, 6) is 0.0925. The fourth-order valence-corrected chi connectivity index (χ4v) is 1.65. The monoisotopic (exact) mass is 222 g/mol. The van der Waals surface area contributed by atoms with Gasteiger partial charge in [-0.2, -0.15) is 0 Å². The fourth-order valence-electron chi connectivity index (χ4n) is 1.65. The summed E-state index contributed by atoms with van der Waals surface area (Å²) in [5.41, 5.74) is 0.0627. The van der Waals surface area contributed by atoms with Crippen LogP contribution in [-0.4, -0.2) is 35.8 Å². The molecular formula is C11H14N2O3. The molecule has 0 bridgehead atoms. The van der Waals surface area contributed by atoms with E-state index in [4.69, 9.17) is 9.84 Å². The molecule has 0 saturated carbocycles. The Morgan fingerprint density at radius 2 is 2.50 bits per heavy atom. The lowest BCUT2D eigenvalue weighted by Crippen LogP contribution is -2.15. The first-order valence-corrected chi connectivity index (χ1v) is 5.27. The van der Waals surface area contributed by atoms with Crippen molar-refractivity contribution in [2.75, 3.05) is 25.1 Å². The Kier molecular flexibility index (Phi) is 3.36. The van der Waals surface area contributed by atoms with E-state index < -0.39 is 5.97 Å². The molecule has 16 heavy (non-hydrogen) atoms. The van der Waals surface area contributed by atoms with E-state index in [1.807, 2.05) is 0 Å². The lowest BCUT2D eigenvalue weighted by atomic mass is 10.1. The van der Waals surface area contributed by atoms with E-state index in [2.05, 4.69) is 10.3 Å². The van der Waals surface area contributed by atoms with Crippen LogP contribution in [0, 0.1) is 5.92 Å². The van der Waals surface area contributed by atoms with Crippen molar-refractivity contribution in [2.45, 2.75) is 6.42 Å². The molecule has 1 aromatic heterocycles. The number of aromatic nitrogens is 1. The number of carboxylic acid groups (broad SMARTS) is 1. The van der Waals surface area contributed by atoms with E-state index in [-0.39, 0.29) is 5.69 Å². The first-order chi connectivity index (χ1) is 7.75. The van der Waals surface area contributed by atoms with Gasteiger partial charge in [0.1, 0.15) is 5.82 Å². The van der Waals surface area contributed by atoms with Gasteiger partial charge in [-0.05, 0) is 18.6 Å². The van der Waals surface area contributed by atoms with Crippen molar-refractivity contribution in [3.63, 3.8) is 0 Å². The van der Waals surface area contributed by atoms with E-state index in [9.17, 15) is 4.79 Å². The molecule has 1 fully saturated rings. The standard InChI is InChI=1S/C11H14N2O3/c14-11(15)9-2-1-3-10(13-9)12-6-8-4-5-16-7-8/h1-3,8H,4-7H2,(H,12,13)(H,14,15). The van der Waals surface area contributed by atoms with Crippen LogP contribution >= 0.6 is 0 Å². The Balaban J connectivity index is 1.93. The minimum atomic E-state index is -1.01. The number of carboxylic acids is 1. The normalized spacial score (nSPS) is 19.6. The molecular weight excluding hydrogens is 208 g/mol. The molecule has 0 amide bonds. The summed E-state index contributed by atoms with van der Waals surface area (Å²) < 4.78 is 5.25. The quantitative estimate of drug-likeness (QED) is 0.801. The third-order valence-corrected chi connectivity index (χ3v) is 2.56. The molecule has 1 aliphatic rings. The molecule has 86 valence electrons. The Labute approximate surface area is 93.5 Å². The highest BCUT2D eigenvalue weighted by Crippen LogP contribution is 2.13. The fraction of sp³-hybridized carbons (Fsp3) is 0.455. The highest BCUT2D eigenvalue weighted by Gasteiger charge is 2.15. The molecule has 0 aliphatic carbocycles. The number of ether oxygens (including phenoxy) is 1. The van der Waals surface area contributed by atoms with E-state index in [1.54, 1.807) is 12.1 Å². The predicted octanol–water partition coefficient (Wildman–Crippen LogP) is 1.23. The summed E-state index contributed by atoms with van der Waals surface area (Å²) in [6.45, 7) is 2.36. The van der Waals surface area contributed by atoms with Gasteiger partial charge in [0, 0.05) is 19.1 Å². The van der Waals surface area contributed by atoms with Crippen LogP contribution in [0.2, 0.25) is 0 Å². The summed E-state index contributed by atoms with van der Waals surface area (Å²) in [5, 5.41) is 11.9. The van der Waals surface area contributed by atoms with Crippen LogP contribution in [0.1, 0.15) is 16.9 Å². The molecule has 5 heteroatoms. The molecule has 0 aromatic carbocycles. The number of nitrogens with zero attached hydrogens (tertiary/aromatic N) is 1. The Morgan fingerprint density at radius 1 is 1.62 bits per heavy atom. The average molecular weight is 222 g/mol. The van der Waals surface area contributed by atoms with Crippen molar-refractivity contribution in [2.24, 2.45) is 5.92 Å². The molecule has 0 spiro atoms. The number of rotatable bonds is 4. The molecule has 1 aliphatic heterocycles. The van der Waals surface area contributed by atoms with E-state index >= 15 is 0 Å². The maximum Gasteiger partial charge on any atom is 0.354 e. The van der Waals surface area contributed by atoms with Gasteiger partial charge in [0.05, 0.1) is 6.61 Å². The van der Waals surface area contributed by atoms with Gasteiger partial charge < -0.3 is 15.2 Å². The van der Waals surface area contributed by atoms with Crippen molar-refractivity contribution >= 4 is 11.8 Å². The van der Waals surface area contributed by atoms with E-state index in [1.165, 1.54) is 6.07 Å². The maximum atomic E-state index is 10.7. The third-order valence-electron chi connectivity index (χ3n) is 2.56. The van der Waals surface area contributed by atoms with Crippen LogP contribution < -0.4 is 5.32 Å². The Hall–Kier alpha value is -1.62. The number of anilines is 1. The smallest absolute Gasteiger partial charge is 0.354 e. The second-order valence-electron chi connectivity index (χ2n) is 3.82. The van der Waals surface area contributed by atoms with Gasteiger partial charge in [0.25, 0.3) is 0 Å². The zero-order valence-electron chi connectivity index (χ0n) is 8.85.